The second kappa shape index (κ2) is 5.36. The normalized spacial score (nSPS) is 10.9. The molecule has 0 aliphatic rings. The van der Waals surface area contributed by atoms with Crippen LogP contribution in [0.2, 0.25) is 0 Å². The van der Waals surface area contributed by atoms with Crippen LogP contribution in [0.3, 0.4) is 0 Å². The van der Waals surface area contributed by atoms with E-state index in [1.54, 1.807) is 0 Å². The molecule has 0 amide bonds. The smallest absolute Gasteiger partial charge is 0.0949 e. The van der Waals surface area contributed by atoms with Crippen LogP contribution in [-0.2, 0) is 26.4 Å². The minimum Gasteiger partial charge on any atom is -0.337 e. The summed E-state index contributed by atoms with van der Waals surface area (Å²) in [5, 5.41) is 0. The molecular formula is C15H21N3. The van der Waals surface area contributed by atoms with E-state index in [2.05, 4.69) is 41.6 Å². The van der Waals surface area contributed by atoms with Gasteiger partial charge in [0.2, 0.25) is 0 Å². The van der Waals surface area contributed by atoms with E-state index in [9.17, 15) is 0 Å². The maximum absolute atomic E-state index is 5.71. The quantitative estimate of drug-likeness (QED) is 0.895. The Labute approximate surface area is 109 Å². The van der Waals surface area contributed by atoms with Crippen molar-refractivity contribution in [2.75, 3.05) is 0 Å². The number of rotatable bonds is 4. The maximum atomic E-state index is 5.71. The first-order valence-corrected chi connectivity index (χ1v) is 6.37. The molecule has 0 saturated carbocycles. The van der Waals surface area contributed by atoms with Crippen molar-refractivity contribution in [1.29, 1.82) is 0 Å². The van der Waals surface area contributed by atoms with Crippen LogP contribution in [0, 0.1) is 13.8 Å². The largest absolute Gasteiger partial charge is 0.337 e. The lowest BCUT2D eigenvalue weighted by atomic mass is 10.00. The second-order valence-electron chi connectivity index (χ2n) is 4.88. The van der Waals surface area contributed by atoms with Gasteiger partial charge in [0.15, 0.2) is 0 Å². The highest BCUT2D eigenvalue weighted by Gasteiger charge is 2.08. The van der Waals surface area contributed by atoms with Gasteiger partial charge in [0, 0.05) is 19.3 Å². The molecule has 0 aliphatic carbocycles. The molecule has 0 saturated heterocycles. The average molecular weight is 243 g/mol. The molecule has 0 spiro atoms. The summed E-state index contributed by atoms with van der Waals surface area (Å²) in [6.45, 7) is 4.82. The lowest BCUT2D eigenvalue weighted by molar-refractivity contribution is 0.783. The average Bonchev–Trinajstić information content (AvgIpc) is 2.71. The Morgan fingerprint density at radius 1 is 1.22 bits per heavy atom. The van der Waals surface area contributed by atoms with Gasteiger partial charge in [-0.2, -0.15) is 0 Å². The van der Waals surface area contributed by atoms with Crippen molar-refractivity contribution in [3.63, 3.8) is 0 Å². The van der Waals surface area contributed by atoms with E-state index in [0.717, 1.165) is 18.5 Å². The molecule has 0 radical (unpaired) electrons. The molecule has 0 aliphatic heterocycles. The zero-order valence-corrected chi connectivity index (χ0v) is 11.4. The van der Waals surface area contributed by atoms with Crippen LogP contribution in [-0.4, -0.2) is 9.55 Å². The topological polar surface area (TPSA) is 43.8 Å². The van der Waals surface area contributed by atoms with Crippen LogP contribution in [0.25, 0.3) is 0 Å². The van der Waals surface area contributed by atoms with Crippen LogP contribution >= 0.6 is 0 Å². The first kappa shape index (κ1) is 12.8. The van der Waals surface area contributed by atoms with Gasteiger partial charge in [0.1, 0.15) is 0 Å². The molecule has 0 atom stereocenters. The Morgan fingerprint density at radius 3 is 2.72 bits per heavy atom. The number of benzene rings is 1. The fraction of sp³-hybridized carbons (Fsp3) is 0.400. The number of hydrogen-bond donors (Lipinski definition) is 1. The minimum absolute atomic E-state index is 0.517. The fourth-order valence-electron chi connectivity index (χ4n) is 2.32. The third kappa shape index (κ3) is 2.62. The van der Waals surface area contributed by atoms with E-state index in [1.165, 1.54) is 22.4 Å². The van der Waals surface area contributed by atoms with Gasteiger partial charge < -0.3 is 10.3 Å². The van der Waals surface area contributed by atoms with Gasteiger partial charge in [0.05, 0.1) is 12.0 Å². The van der Waals surface area contributed by atoms with E-state index in [0.29, 0.717) is 6.54 Å². The van der Waals surface area contributed by atoms with Gasteiger partial charge in [-0.1, -0.05) is 23.8 Å². The molecule has 1 aromatic carbocycles. The molecule has 1 aromatic heterocycles. The first-order chi connectivity index (χ1) is 8.61. The summed E-state index contributed by atoms with van der Waals surface area (Å²) in [4.78, 5) is 4.32. The molecule has 0 fully saturated rings. The summed E-state index contributed by atoms with van der Waals surface area (Å²) in [5.41, 5.74) is 12.1. The monoisotopic (exact) mass is 243 g/mol. The molecule has 2 aromatic rings. The van der Waals surface area contributed by atoms with Crippen LogP contribution in [0.15, 0.2) is 24.5 Å². The number of hydrogen-bond acceptors (Lipinski definition) is 2. The van der Waals surface area contributed by atoms with E-state index < -0.39 is 0 Å². The molecule has 3 heteroatoms. The SMILES string of the molecule is Cc1ccc(C)c(CCc2c(CN)ncn2C)c1. The molecule has 0 unspecified atom stereocenters. The zero-order chi connectivity index (χ0) is 13.1. The van der Waals surface area contributed by atoms with Gasteiger partial charge in [-0.25, -0.2) is 4.98 Å². The Morgan fingerprint density at radius 2 is 2.00 bits per heavy atom. The molecule has 0 bridgehead atoms. The van der Waals surface area contributed by atoms with Crippen molar-refractivity contribution in [3.8, 4) is 0 Å². The number of aryl methyl sites for hydroxylation is 4. The summed E-state index contributed by atoms with van der Waals surface area (Å²) in [6.07, 6.45) is 3.88. The van der Waals surface area contributed by atoms with Crippen molar-refractivity contribution in [2.24, 2.45) is 12.8 Å². The summed E-state index contributed by atoms with van der Waals surface area (Å²) < 4.78 is 2.08. The first-order valence-electron chi connectivity index (χ1n) is 6.37. The van der Waals surface area contributed by atoms with Crippen molar-refractivity contribution < 1.29 is 0 Å². The molecule has 96 valence electrons. The summed E-state index contributed by atoms with van der Waals surface area (Å²) >= 11 is 0. The van der Waals surface area contributed by atoms with Crippen LogP contribution in [0.4, 0.5) is 0 Å². The van der Waals surface area contributed by atoms with Gasteiger partial charge >= 0.3 is 0 Å². The highest BCUT2D eigenvalue weighted by molar-refractivity contribution is 5.31. The highest BCUT2D eigenvalue weighted by atomic mass is 15.0. The van der Waals surface area contributed by atoms with Crippen molar-refractivity contribution in [2.45, 2.75) is 33.2 Å². The molecule has 1 heterocycles. The fourth-order valence-corrected chi connectivity index (χ4v) is 2.32. The summed E-state index contributed by atoms with van der Waals surface area (Å²) in [5.74, 6) is 0. The Bertz CT molecular complexity index is 541. The van der Waals surface area contributed by atoms with Gasteiger partial charge in [0.25, 0.3) is 0 Å². The van der Waals surface area contributed by atoms with Crippen LogP contribution < -0.4 is 5.73 Å². The predicted octanol–water partition coefficient (Wildman–Crippen LogP) is 2.28. The lowest BCUT2D eigenvalue weighted by Gasteiger charge is -2.09. The van der Waals surface area contributed by atoms with Crippen molar-refractivity contribution >= 4 is 0 Å². The van der Waals surface area contributed by atoms with E-state index >= 15 is 0 Å². The van der Waals surface area contributed by atoms with E-state index in [-0.39, 0.29) is 0 Å². The third-order valence-corrected chi connectivity index (χ3v) is 3.47. The third-order valence-electron chi connectivity index (χ3n) is 3.47. The predicted molar refractivity (Wildman–Crippen MR) is 74.4 cm³/mol. The van der Waals surface area contributed by atoms with Crippen LogP contribution in [0.1, 0.15) is 28.1 Å². The maximum Gasteiger partial charge on any atom is 0.0949 e. The molecular weight excluding hydrogens is 222 g/mol. The standard InChI is InChI=1S/C15H21N3/c1-11-4-5-12(2)13(8-11)6-7-15-14(9-16)17-10-18(15)3/h4-5,8,10H,6-7,9,16H2,1-3H3. The van der Waals surface area contributed by atoms with Crippen molar-refractivity contribution in [1.82, 2.24) is 9.55 Å². The van der Waals surface area contributed by atoms with Crippen LogP contribution in [0.5, 0.6) is 0 Å². The van der Waals surface area contributed by atoms with Gasteiger partial charge in [-0.3, -0.25) is 0 Å². The minimum atomic E-state index is 0.517. The Hall–Kier alpha value is -1.61. The van der Waals surface area contributed by atoms with E-state index in [4.69, 9.17) is 5.73 Å². The second-order valence-corrected chi connectivity index (χ2v) is 4.88. The van der Waals surface area contributed by atoms with E-state index in [1.807, 2.05) is 13.4 Å². The molecule has 3 nitrogen and oxygen atoms in total. The molecule has 18 heavy (non-hydrogen) atoms. The molecule has 2 rings (SSSR count). The molecule has 2 N–H and O–H groups in total. The number of aromatic nitrogens is 2. The summed E-state index contributed by atoms with van der Waals surface area (Å²) in [6, 6.07) is 6.62. The van der Waals surface area contributed by atoms with Gasteiger partial charge in [-0.05, 0) is 37.8 Å². The number of nitrogens with two attached hydrogens (primary N) is 1. The lowest BCUT2D eigenvalue weighted by Crippen LogP contribution is -2.06. The van der Waals surface area contributed by atoms with Gasteiger partial charge in [-0.15, -0.1) is 0 Å². The highest BCUT2D eigenvalue weighted by Crippen LogP contribution is 2.15. The Kier molecular flexibility index (Phi) is 3.82. The zero-order valence-electron chi connectivity index (χ0n) is 11.4. The van der Waals surface area contributed by atoms with Crippen molar-refractivity contribution in [3.05, 3.63) is 52.6 Å². The Balaban J connectivity index is 2.16. The summed E-state index contributed by atoms with van der Waals surface area (Å²) in [7, 11) is 2.03. The number of imidazole rings is 1. The number of nitrogens with zero attached hydrogens (tertiary/aromatic N) is 2.